The smallest absolute Gasteiger partial charge is 0.355 e. The van der Waals surface area contributed by atoms with Crippen LogP contribution < -0.4 is 5.32 Å². The molecule has 0 aromatic carbocycles. The van der Waals surface area contributed by atoms with Crippen molar-refractivity contribution in [2.75, 3.05) is 0 Å². The number of hydrogen-bond acceptors (Lipinski definition) is 4. The van der Waals surface area contributed by atoms with Crippen LogP contribution in [0.15, 0.2) is 5.38 Å². The highest BCUT2D eigenvalue weighted by Gasteiger charge is 2.34. The number of carboxylic acids is 1. The molecular formula is C16H22N2O3S. The minimum absolute atomic E-state index is 0.0527. The van der Waals surface area contributed by atoms with Gasteiger partial charge in [0.25, 0.3) is 0 Å². The minimum Gasteiger partial charge on any atom is -0.476 e. The quantitative estimate of drug-likeness (QED) is 0.893. The number of carboxylic acid groups (broad SMARTS) is 1. The standard InChI is InChI=1S/C16H22N2O3S/c19-15(17-8-14-18-13(9-22-14)16(20)21)12-6-5-10-3-1-2-4-11(10)7-12/h9-12H,1-8H2,(H,17,19)(H,20,21). The first-order valence-electron chi connectivity index (χ1n) is 8.09. The average molecular weight is 322 g/mol. The van der Waals surface area contributed by atoms with Gasteiger partial charge in [-0.25, -0.2) is 9.78 Å². The predicted octanol–water partition coefficient (Wildman–Crippen LogP) is 3.06. The van der Waals surface area contributed by atoms with E-state index in [0.717, 1.165) is 24.7 Å². The second-order valence-corrected chi connectivity index (χ2v) is 7.41. The van der Waals surface area contributed by atoms with Crippen LogP contribution in [0.5, 0.6) is 0 Å². The molecule has 0 spiro atoms. The van der Waals surface area contributed by atoms with Gasteiger partial charge >= 0.3 is 5.97 Å². The Hall–Kier alpha value is -1.43. The Morgan fingerprint density at radius 3 is 2.73 bits per heavy atom. The molecule has 2 aliphatic carbocycles. The molecule has 2 saturated carbocycles. The molecule has 0 radical (unpaired) electrons. The summed E-state index contributed by atoms with van der Waals surface area (Å²) in [5.41, 5.74) is 0.0527. The van der Waals surface area contributed by atoms with Crippen LogP contribution in [-0.4, -0.2) is 22.0 Å². The summed E-state index contributed by atoms with van der Waals surface area (Å²) in [6.45, 7) is 0.335. The minimum atomic E-state index is -1.02. The maximum Gasteiger partial charge on any atom is 0.355 e. The van der Waals surface area contributed by atoms with E-state index in [2.05, 4.69) is 10.3 Å². The van der Waals surface area contributed by atoms with Crippen LogP contribution in [0.2, 0.25) is 0 Å². The first kappa shape index (κ1) is 15.5. The molecule has 22 heavy (non-hydrogen) atoms. The van der Waals surface area contributed by atoms with Gasteiger partial charge in [0.05, 0.1) is 6.54 Å². The van der Waals surface area contributed by atoms with E-state index in [1.54, 1.807) is 0 Å². The number of hydrogen-bond donors (Lipinski definition) is 2. The summed E-state index contributed by atoms with van der Waals surface area (Å²) in [6, 6.07) is 0. The molecule has 0 saturated heterocycles. The maximum absolute atomic E-state index is 12.3. The number of thiazole rings is 1. The fourth-order valence-electron chi connectivity index (χ4n) is 3.91. The van der Waals surface area contributed by atoms with Gasteiger partial charge in [-0.1, -0.05) is 25.7 Å². The number of amides is 1. The fraction of sp³-hybridized carbons (Fsp3) is 0.688. The van der Waals surface area contributed by atoms with Gasteiger partial charge in [0.2, 0.25) is 5.91 Å². The highest BCUT2D eigenvalue weighted by Crippen LogP contribution is 2.42. The second-order valence-electron chi connectivity index (χ2n) is 6.46. The summed E-state index contributed by atoms with van der Waals surface area (Å²) in [5, 5.41) is 13.9. The first-order chi connectivity index (χ1) is 10.6. The van der Waals surface area contributed by atoms with Gasteiger partial charge in [0, 0.05) is 11.3 Å². The van der Waals surface area contributed by atoms with Crippen molar-refractivity contribution in [2.45, 2.75) is 51.5 Å². The molecule has 5 nitrogen and oxygen atoms in total. The number of fused-ring (bicyclic) bond motifs is 1. The Morgan fingerprint density at radius 2 is 2.00 bits per heavy atom. The van der Waals surface area contributed by atoms with E-state index in [1.165, 1.54) is 48.8 Å². The molecule has 2 fully saturated rings. The average Bonchev–Trinajstić information content (AvgIpc) is 3.01. The molecule has 3 atom stereocenters. The van der Waals surface area contributed by atoms with E-state index in [0.29, 0.717) is 11.6 Å². The molecule has 1 aromatic heterocycles. The van der Waals surface area contributed by atoms with E-state index >= 15 is 0 Å². The zero-order valence-electron chi connectivity index (χ0n) is 12.6. The van der Waals surface area contributed by atoms with E-state index in [4.69, 9.17) is 5.11 Å². The van der Waals surface area contributed by atoms with E-state index in [9.17, 15) is 9.59 Å². The third-order valence-corrected chi connectivity index (χ3v) is 5.94. The van der Waals surface area contributed by atoms with Crippen LogP contribution in [0.25, 0.3) is 0 Å². The number of carbonyl (C=O) groups is 2. The molecule has 2 N–H and O–H groups in total. The van der Waals surface area contributed by atoms with Crippen molar-refractivity contribution < 1.29 is 14.7 Å². The Morgan fingerprint density at radius 1 is 1.23 bits per heavy atom. The SMILES string of the molecule is O=C(O)c1csc(CNC(=O)C2CCC3CCCCC3C2)n1. The molecule has 0 aliphatic heterocycles. The molecule has 6 heteroatoms. The Kier molecular flexibility index (Phi) is 4.76. The van der Waals surface area contributed by atoms with Crippen molar-refractivity contribution in [3.05, 3.63) is 16.1 Å². The normalized spacial score (nSPS) is 27.9. The van der Waals surface area contributed by atoms with Gasteiger partial charge in [-0.3, -0.25) is 4.79 Å². The highest BCUT2D eigenvalue weighted by atomic mass is 32.1. The third kappa shape index (κ3) is 3.48. The van der Waals surface area contributed by atoms with Crippen LogP contribution in [0.3, 0.4) is 0 Å². The molecule has 2 aliphatic rings. The third-order valence-electron chi connectivity index (χ3n) is 5.10. The molecule has 1 amide bonds. The molecule has 3 rings (SSSR count). The van der Waals surface area contributed by atoms with Crippen molar-refractivity contribution in [3.63, 3.8) is 0 Å². The predicted molar refractivity (Wildman–Crippen MR) is 83.7 cm³/mol. The van der Waals surface area contributed by atoms with Gasteiger partial charge in [-0.05, 0) is 31.1 Å². The van der Waals surface area contributed by atoms with Crippen molar-refractivity contribution in [1.82, 2.24) is 10.3 Å². The highest BCUT2D eigenvalue weighted by molar-refractivity contribution is 7.09. The van der Waals surface area contributed by atoms with Crippen LogP contribution >= 0.6 is 11.3 Å². The lowest BCUT2D eigenvalue weighted by Gasteiger charge is -2.38. The lowest BCUT2D eigenvalue weighted by molar-refractivity contribution is -0.127. The number of aromatic nitrogens is 1. The lowest BCUT2D eigenvalue weighted by atomic mass is 9.67. The van der Waals surface area contributed by atoms with Gasteiger partial charge in [0.15, 0.2) is 5.69 Å². The van der Waals surface area contributed by atoms with E-state index < -0.39 is 5.97 Å². The number of aromatic carboxylic acids is 1. The van der Waals surface area contributed by atoms with Crippen LogP contribution in [0.1, 0.15) is 60.4 Å². The first-order valence-corrected chi connectivity index (χ1v) is 8.97. The zero-order chi connectivity index (χ0) is 15.5. The molecule has 1 heterocycles. The summed E-state index contributed by atoms with van der Waals surface area (Å²) in [6.07, 6.45) is 8.49. The zero-order valence-corrected chi connectivity index (χ0v) is 13.4. The van der Waals surface area contributed by atoms with Crippen molar-refractivity contribution in [1.29, 1.82) is 0 Å². The Labute approximate surface area is 134 Å². The Bertz CT molecular complexity index is 557. The van der Waals surface area contributed by atoms with Crippen molar-refractivity contribution in [3.8, 4) is 0 Å². The number of nitrogens with one attached hydrogen (secondary N) is 1. The van der Waals surface area contributed by atoms with Crippen molar-refractivity contribution >= 4 is 23.2 Å². The summed E-state index contributed by atoms with van der Waals surface area (Å²) < 4.78 is 0. The van der Waals surface area contributed by atoms with E-state index in [1.807, 2.05) is 0 Å². The largest absolute Gasteiger partial charge is 0.476 e. The number of carbonyl (C=O) groups excluding carboxylic acids is 1. The molecule has 3 unspecified atom stereocenters. The van der Waals surface area contributed by atoms with Gasteiger partial charge < -0.3 is 10.4 Å². The van der Waals surface area contributed by atoms with Crippen LogP contribution in [0.4, 0.5) is 0 Å². The summed E-state index contributed by atoms with van der Waals surface area (Å²) in [7, 11) is 0. The van der Waals surface area contributed by atoms with Crippen molar-refractivity contribution in [2.24, 2.45) is 17.8 Å². The summed E-state index contributed by atoms with van der Waals surface area (Å²) in [5.74, 6) is 0.783. The maximum atomic E-state index is 12.3. The number of nitrogens with zero attached hydrogens (tertiary/aromatic N) is 1. The second kappa shape index (κ2) is 6.77. The molecule has 0 bridgehead atoms. The van der Waals surface area contributed by atoms with Crippen LogP contribution in [-0.2, 0) is 11.3 Å². The van der Waals surface area contributed by atoms with Gasteiger partial charge in [-0.2, -0.15) is 0 Å². The molecular weight excluding hydrogens is 300 g/mol. The van der Waals surface area contributed by atoms with Gasteiger partial charge in [-0.15, -0.1) is 11.3 Å². The van der Waals surface area contributed by atoms with E-state index in [-0.39, 0.29) is 17.5 Å². The lowest BCUT2D eigenvalue weighted by Crippen LogP contribution is -2.37. The number of rotatable bonds is 4. The Balaban J connectivity index is 1.50. The molecule has 120 valence electrons. The van der Waals surface area contributed by atoms with Gasteiger partial charge in [0.1, 0.15) is 5.01 Å². The monoisotopic (exact) mass is 322 g/mol. The molecule has 1 aromatic rings. The topological polar surface area (TPSA) is 79.3 Å². The fourth-order valence-corrected chi connectivity index (χ4v) is 4.62. The van der Waals surface area contributed by atoms with Crippen LogP contribution in [0, 0.1) is 17.8 Å². The summed E-state index contributed by atoms with van der Waals surface area (Å²) >= 11 is 1.28. The summed E-state index contributed by atoms with van der Waals surface area (Å²) in [4.78, 5) is 27.1.